The summed E-state index contributed by atoms with van der Waals surface area (Å²) in [5.74, 6) is 2.96. The molecule has 0 spiro atoms. The third-order valence-corrected chi connectivity index (χ3v) is 6.90. The number of aliphatic imine (C=N–C) groups is 2. The first-order valence-corrected chi connectivity index (χ1v) is 11.5. The minimum Gasteiger partial charge on any atom is -0.417 e. The topological polar surface area (TPSA) is 108 Å². The smallest absolute Gasteiger partial charge is 0.242 e. The summed E-state index contributed by atoms with van der Waals surface area (Å²) in [6, 6.07) is 0.314. The first-order valence-electron chi connectivity index (χ1n) is 11.5. The standard InChI is InChI=1S/C24H34N6O/c1-14-9-10-19(15(2)12-14)23-29-30-24(31-23)20(25)22(26)28-13-16(3)18-8-4-6-17-7-5-11-27-21(17)18/h4,8,10-11,13-18,21,26,30H,5-7,9,12,25H2,1-3H3/t14?,15-,16?,17?,18?,21?/m1/s1. The van der Waals surface area contributed by atoms with Crippen molar-refractivity contribution in [3.63, 3.8) is 0 Å². The van der Waals surface area contributed by atoms with Crippen LogP contribution in [0.15, 0.2) is 50.5 Å². The van der Waals surface area contributed by atoms with E-state index >= 15 is 0 Å². The van der Waals surface area contributed by atoms with E-state index in [1.54, 1.807) is 0 Å². The highest BCUT2D eigenvalue weighted by Crippen LogP contribution is 2.36. The first kappa shape index (κ1) is 21.5. The Morgan fingerprint density at radius 1 is 1.39 bits per heavy atom. The predicted molar refractivity (Wildman–Crippen MR) is 126 cm³/mol. The van der Waals surface area contributed by atoms with E-state index in [1.165, 1.54) is 6.42 Å². The van der Waals surface area contributed by atoms with Crippen LogP contribution in [0.2, 0.25) is 0 Å². The number of nitrogens with zero attached hydrogens (tertiary/aromatic N) is 3. The van der Waals surface area contributed by atoms with Gasteiger partial charge < -0.3 is 10.5 Å². The summed E-state index contributed by atoms with van der Waals surface area (Å²) in [6.07, 6.45) is 16.1. The number of allylic oxidation sites excluding steroid dienone is 2. The minimum absolute atomic E-state index is 0.0198. The molecule has 166 valence electrons. The Balaban J connectivity index is 1.39. The summed E-state index contributed by atoms with van der Waals surface area (Å²) < 4.78 is 5.86. The second-order valence-corrected chi connectivity index (χ2v) is 9.40. The molecule has 6 atom stereocenters. The lowest BCUT2D eigenvalue weighted by molar-refractivity contribution is 0.287. The molecule has 0 amide bonds. The van der Waals surface area contributed by atoms with Crippen LogP contribution in [0.4, 0.5) is 0 Å². The zero-order valence-corrected chi connectivity index (χ0v) is 18.7. The van der Waals surface area contributed by atoms with Gasteiger partial charge >= 0.3 is 0 Å². The van der Waals surface area contributed by atoms with Gasteiger partial charge in [-0.3, -0.25) is 10.4 Å². The Morgan fingerprint density at radius 2 is 2.23 bits per heavy atom. The molecule has 4 aliphatic rings. The van der Waals surface area contributed by atoms with Crippen molar-refractivity contribution in [2.45, 2.75) is 58.9 Å². The van der Waals surface area contributed by atoms with Gasteiger partial charge in [0.25, 0.3) is 0 Å². The summed E-state index contributed by atoms with van der Waals surface area (Å²) >= 11 is 0. The monoisotopic (exact) mass is 422 g/mol. The van der Waals surface area contributed by atoms with Crippen molar-refractivity contribution in [3.8, 4) is 0 Å². The average Bonchev–Trinajstić information content (AvgIpc) is 3.26. The lowest BCUT2D eigenvalue weighted by atomic mass is 9.73. The third kappa shape index (κ3) is 4.65. The molecule has 0 aromatic heterocycles. The van der Waals surface area contributed by atoms with E-state index in [-0.39, 0.29) is 23.3 Å². The lowest BCUT2D eigenvalue weighted by Crippen LogP contribution is -2.35. The zero-order valence-electron chi connectivity index (χ0n) is 18.7. The maximum atomic E-state index is 8.31. The molecular formula is C24H34N6O. The zero-order chi connectivity index (χ0) is 22.0. The fraction of sp³-hybridized carbons (Fsp3) is 0.583. The molecule has 0 saturated heterocycles. The third-order valence-electron chi connectivity index (χ3n) is 6.90. The number of hydrazone groups is 1. The molecule has 0 bridgehead atoms. The quantitative estimate of drug-likeness (QED) is 0.360. The van der Waals surface area contributed by atoms with Crippen LogP contribution in [0, 0.1) is 35.0 Å². The van der Waals surface area contributed by atoms with E-state index in [9.17, 15) is 0 Å². The van der Waals surface area contributed by atoms with Gasteiger partial charge in [0.15, 0.2) is 5.84 Å². The van der Waals surface area contributed by atoms with E-state index in [1.807, 2.05) is 6.21 Å². The molecule has 7 heteroatoms. The number of amidine groups is 1. The van der Waals surface area contributed by atoms with Crippen LogP contribution in [0.25, 0.3) is 0 Å². The lowest BCUT2D eigenvalue weighted by Gasteiger charge is -2.36. The van der Waals surface area contributed by atoms with Crippen molar-refractivity contribution in [3.05, 3.63) is 35.4 Å². The highest BCUT2D eigenvalue weighted by molar-refractivity contribution is 6.02. The molecule has 7 nitrogen and oxygen atoms in total. The number of fused-ring (bicyclic) bond motifs is 1. The van der Waals surface area contributed by atoms with Crippen molar-refractivity contribution >= 4 is 24.2 Å². The highest BCUT2D eigenvalue weighted by Gasteiger charge is 2.34. The molecule has 2 aliphatic heterocycles. The van der Waals surface area contributed by atoms with E-state index in [0.29, 0.717) is 35.6 Å². The van der Waals surface area contributed by atoms with Gasteiger partial charge in [-0.15, -0.1) is 5.10 Å². The van der Waals surface area contributed by atoms with Crippen LogP contribution in [0.5, 0.6) is 0 Å². The van der Waals surface area contributed by atoms with Gasteiger partial charge in [-0.1, -0.05) is 39.0 Å². The van der Waals surface area contributed by atoms with Crippen LogP contribution in [0.3, 0.4) is 0 Å². The Hall–Kier alpha value is -2.70. The molecule has 0 aromatic carbocycles. The molecular weight excluding hydrogens is 388 g/mol. The van der Waals surface area contributed by atoms with E-state index in [0.717, 1.165) is 31.3 Å². The van der Waals surface area contributed by atoms with E-state index in [4.69, 9.17) is 20.9 Å². The number of nitrogens with one attached hydrogen (secondary N) is 2. The fourth-order valence-corrected chi connectivity index (χ4v) is 5.06. The fourth-order valence-electron chi connectivity index (χ4n) is 5.06. The maximum absolute atomic E-state index is 8.31. The van der Waals surface area contributed by atoms with Crippen molar-refractivity contribution in [2.75, 3.05) is 0 Å². The van der Waals surface area contributed by atoms with Crippen LogP contribution in [0.1, 0.15) is 52.9 Å². The van der Waals surface area contributed by atoms with Gasteiger partial charge in [0.2, 0.25) is 11.8 Å². The van der Waals surface area contributed by atoms with Crippen LogP contribution in [-0.2, 0) is 4.74 Å². The molecule has 5 unspecified atom stereocenters. The van der Waals surface area contributed by atoms with Gasteiger partial charge in [0.1, 0.15) is 5.70 Å². The number of hydrogen-bond donors (Lipinski definition) is 3. The van der Waals surface area contributed by atoms with Crippen LogP contribution < -0.4 is 11.2 Å². The van der Waals surface area contributed by atoms with E-state index < -0.39 is 0 Å². The number of nitrogens with two attached hydrogens (primary N) is 1. The van der Waals surface area contributed by atoms with Gasteiger partial charge in [-0.25, -0.2) is 10.4 Å². The predicted octanol–water partition coefficient (Wildman–Crippen LogP) is 4.15. The molecule has 4 N–H and O–H groups in total. The van der Waals surface area contributed by atoms with Gasteiger partial charge in [0.05, 0.1) is 6.04 Å². The van der Waals surface area contributed by atoms with Crippen molar-refractivity contribution < 1.29 is 4.74 Å². The highest BCUT2D eigenvalue weighted by atomic mass is 16.5. The number of hydrogen-bond acceptors (Lipinski definition) is 6. The van der Waals surface area contributed by atoms with Crippen molar-refractivity contribution in [1.82, 2.24) is 5.43 Å². The molecule has 0 saturated carbocycles. The van der Waals surface area contributed by atoms with Crippen molar-refractivity contribution in [1.29, 1.82) is 5.41 Å². The summed E-state index contributed by atoms with van der Waals surface area (Å²) in [4.78, 5) is 9.11. The van der Waals surface area contributed by atoms with Gasteiger partial charge in [-0.2, -0.15) is 0 Å². The van der Waals surface area contributed by atoms with Crippen LogP contribution in [-0.4, -0.2) is 30.2 Å². The Morgan fingerprint density at radius 3 is 3.03 bits per heavy atom. The van der Waals surface area contributed by atoms with Crippen molar-refractivity contribution in [2.24, 2.45) is 50.4 Å². The Bertz CT molecular complexity index is 896. The molecule has 2 heterocycles. The number of ether oxygens (including phenoxy) is 1. The largest absolute Gasteiger partial charge is 0.417 e. The molecule has 4 rings (SSSR count). The average molecular weight is 423 g/mol. The number of rotatable bonds is 4. The van der Waals surface area contributed by atoms with Gasteiger partial charge in [-0.05, 0) is 62.0 Å². The molecule has 2 aliphatic carbocycles. The molecule has 31 heavy (non-hydrogen) atoms. The Kier molecular flexibility index (Phi) is 6.39. The van der Waals surface area contributed by atoms with Crippen LogP contribution >= 0.6 is 0 Å². The normalized spacial score (nSPS) is 35.0. The summed E-state index contributed by atoms with van der Waals surface area (Å²) in [6.45, 7) is 6.57. The summed E-state index contributed by atoms with van der Waals surface area (Å²) in [5.41, 5.74) is 10.3. The SMILES string of the molecule is CC1CC=C(C2=NNC(=C(N)C(=N)N=CC(C)C3C=CCC4CCC=NC43)O2)[C@H](C)C1. The second kappa shape index (κ2) is 9.20. The first-order chi connectivity index (χ1) is 14.9. The van der Waals surface area contributed by atoms with Gasteiger partial charge in [0, 0.05) is 17.7 Å². The minimum atomic E-state index is -0.0198. The van der Waals surface area contributed by atoms with E-state index in [2.05, 4.69) is 60.7 Å². The molecule has 0 fully saturated rings. The second-order valence-electron chi connectivity index (χ2n) is 9.40. The molecule has 0 aromatic rings. The Labute approximate surface area is 184 Å². The summed E-state index contributed by atoms with van der Waals surface area (Å²) in [5, 5.41) is 12.6. The molecule has 0 radical (unpaired) electrons. The maximum Gasteiger partial charge on any atom is 0.242 e. The summed E-state index contributed by atoms with van der Waals surface area (Å²) in [7, 11) is 0.